The van der Waals surface area contributed by atoms with Crippen molar-refractivity contribution in [2.45, 2.75) is 6.54 Å². The Bertz CT molecular complexity index is 572. The Labute approximate surface area is 117 Å². The highest BCUT2D eigenvalue weighted by Crippen LogP contribution is 2.20. The van der Waals surface area contributed by atoms with Gasteiger partial charge < -0.3 is 10.0 Å². The van der Waals surface area contributed by atoms with Crippen LogP contribution in [0.25, 0.3) is 0 Å². The lowest BCUT2D eigenvalue weighted by Gasteiger charge is -2.24. The second kappa shape index (κ2) is 6.82. The number of halogens is 1. The maximum atomic E-state index is 13.5. The average Bonchev–Trinajstić information content (AvgIpc) is 2.47. The van der Waals surface area contributed by atoms with Gasteiger partial charge >= 0.3 is 0 Å². The molecule has 0 atom stereocenters. The van der Waals surface area contributed by atoms with E-state index in [-0.39, 0.29) is 12.2 Å². The molecule has 0 aliphatic carbocycles. The van der Waals surface area contributed by atoms with Crippen LogP contribution in [-0.4, -0.2) is 24.5 Å². The van der Waals surface area contributed by atoms with Crippen molar-refractivity contribution in [2.24, 2.45) is 0 Å². The van der Waals surface area contributed by atoms with E-state index in [1.54, 1.807) is 6.07 Å². The number of carbonyl (C=O) groups excluding carboxylic acids is 1. The standard InChI is InChI=1S/C16H16FNO2/c17-15-8-14(12-20)9-16(10-15)18(6-7-19)11-13-4-2-1-3-5-13/h1-5,8-10,12,19H,6-7,11H2. The number of anilines is 1. The van der Waals surface area contributed by atoms with Crippen molar-refractivity contribution in [1.29, 1.82) is 0 Å². The molecule has 2 aromatic carbocycles. The summed E-state index contributed by atoms with van der Waals surface area (Å²) in [6.45, 7) is 0.875. The van der Waals surface area contributed by atoms with Crippen LogP contribution >= 0.6 is 0 Å². The lowest BCUT2D eigenvalue weighted by Crippen LogP contribution is -2.26. The van der Waals surface area contributed by atoms with Crippen molar-refractivity contribution in [1.82, 2.24) is 0 Å². The van der Waals surface area contributed by atoms with Crippen molar-refractivity contribution in [3.8, 4) is 0 Å². The van der Waals surface area contributed by atoms with Crippen molar-refractivity contribution in [2.75, 3.05) is 18.1 Å². The maximum absolute atomic E-state index is 13.5. The number of rotatable bonds is 6. The van der Waals surface area contributed by atoms with E-state index in [0.29, 0.717) is 25.1 Å². The summed E-state index contributed by atoms with van der Waals surface area (Å²) in [7, 11) is 0. The van der Waals surface area contributed by atoms with Gasteiger partial charge in [-0.15, -0.1) is 0 Å². The monoisotopic (exact) mass is 273 g/mol. The Balaban J connectivity index is 2.28. The van der Waals surface area contributed by atoms with Crippen LogP contribution in [0.3, 0.4) is 0 Å². The highest BCUT2D eigenvalue weighted by atomic mass is 19.1. The molecule has 4 heteroatoms. The first-order chi connectivity index (χ1) is 9.72. The molecule has 0 heterocycles. The Hall–Kier alpha value is -2.20. The summed E-state index contributed by atoms with van der Waals surface area (Å²) in [5.74, 6) is -0.458. The van der Waals surface area contributed by atoms with Gasteiger partial charge in [0.15, 0.2) is 0 Å². The fraction of sp³-hybridized carbons (Fsp3) is 0.188. The minimum Gasteiger partial charge on any atom is -0.395 e. The SMILES string of the molecule is O=Cc1cc(F)cc(N(CCO)Cc2ccccc2)c1. The molecule has 0 spiro atoms. The summed E-state index contributed by atoms with van der Waals surface area (Å²) in [5, 5.41) is 9.17. The topological polar surface area (TPSA) is 40.5 Å². The van der Waals surface area contributed by atoms with Crippen LogP contribution in [0.15, 0.2) is 48.5 Å². The van der Waals surface area contributed by atoms with E-state index < -0.39 is 5.82 Å². The van der Waals surface area contributed by atoms with E-state index in [4.69, 9.17) is 5.11 Å². The molecule has 0 bridgehead atoms. The lowest BCUT2D eigenvalue weighted by atomic mass is 10.1. The number of aldehydes is 1. The second-order valence-electron chi connectivity index (χ2n) is 4.49. The van der Waals surface area contributed by atoms with E-state index >= 15 is 0 Å². The largest absolute Gasteiger partial charge is 0.395 e. The summed E-state index contributed by atoms with van der Waals surface area (Å²) >= 11 is 0. The van der Waals surface area contributed by atoms with Crippen molar-refractivity contribution in [3.63, 3.8) is 0 Å². The van der Waals surface area contributed by atoms with E-state index in [0.717, 1.165) is 5.56 Å². The van der Waals surface area contributed by atoms with Gasteiger partial charge in [0.25, 0.3) is 0 Å². The average molecular weight is 273 g/mol. The molecular formula is C16H16FNO2. The summed E-state index contributed by atoms with van der Waals surface area (Å²) < 4.78 is 13.5. The van der Waals surface area contributed by atoms with Crippen molar-refractivity contribution in [3.05, 3.63) is 65.5 Å². The fourth-order valence-electron chi connectivity index (χ4n) is 2.07. The Morgan fingerprint density at radius 3 is 2.55 bits per heavy atom. The first-order valence-corrected chi connectivity index (χ1v) is 6.38. The van der Waals surface area contributed by atoms with Gasteiger partial charge in [0, 0.05) is 24.3 Å². The maximum Gasteiger partial charge on any atom is 0.150 e. The highest BCUT2D eigenvalue weighted by molar-refractivity contribution is 5.77. The fourth-order valence-corrected chi connectivity index (χ4v) is 2.07. The smallest absolute Gasteiger partial charge is 0.150 e. The first kappa shape index (κ1) is 14.2. The predicted molar refractivity (Wildman–Crippen MR) is 76.4 cm³/mol. The number of aliphatic hydroxyl groups is 1. The predicted octanol–water partition coefficient (Wildman–Crippen LogP) is 2.64. The zero-order chi connectivity index (χ0) is 14.4. The summed E-state index contributed by atoms with van der Waals surface area (Å²) in [4.78, 5) is 12.7. The number of carbonyl (C=O) groups is 1. The van der Waals surface area contributed by atoms with Gasteiger partial charge in [-0.2, -0.15) is 0 Å². The summed E-state index contributed by atoms with van der Waals surface area (Å²) in [5.41, 5.74) is 1.93. The molecule has 2 rings (SSSR count). The molecule has 0 aliphatic heterocycles. The van der Waals surface area contributed by atoms with E-state index in [2.05, 4.69) is 0 Å². The number of benzene rings is 2. The van der Waals surface area contributed by atoms with Crippen LogP contribution in [0.4, 0.5) is 10.1 Å². The van der Waals surface area contributed by atoms with E-state index in [1.807, 2.05) is 35.2 Å². The molecule has 104 valence electrons. The number of nitrogens with zero attached hydrogens (tertiary/aromatic N) is 1. The van der Waals surface area contributed by atoms with Crippen molar-refractivity contribution < 1.29 is 14.3 Å². The van der Waals surface area contributed by atoms with Crippen LogP contribution in [0.5, 0.6) is 0 Å². The Morgan fingerprint density at radius 2 is 1.90 bits per heavy atom. The molecule has 0 unspecified atom stereocenters. The van der Waals surface area contributed by atoms with Gasteiger partial charge in [0.05, 0.1) is 6.61 Å². The third kappa shape index (κ3) is 3.65. The molecule has 20 heavy (non-hydrogen) atoms. The summed E-state index contributed by atoms with van der Waals surface area (Å²) in [6.07, 6.45) is 0.617. The molecule has 1 N–H and O–H groups in total. The Kier molecular flexibility index (Phi) is 4.85. The molecule has 0 saturated heterocycles. The molecule has 0 aromatic heterocycles. The molecule has 3 nitrogen and oxygen atoms in total. The second-order valence-corrected chi connectivity index (χ2v) is 4.49. The molecule has 0 radical (unpaired) electrons. The Morgan fingerprint density at radius 1 is 1.15 bits per heavy atom. The molecular weight excluding hydrogens is 257 g/mol. The minimum atomic E-state index is -0.458. The van der Waals surface area contributed by atoms with Crippen LogP contribution < -0.4 is 4.90 Å². The molecule has 0 fully saturated rings. The zero-order valence-electron chi connectivity index (χ0n) is 11.0. The van der Waals surface area contributed by atoms with Gasteiger partial charge in [0.2, 0.25) is 0 Å². The number of hydrogen-bond donors (Lipinski definition) is 1. The number of hydrogen-bond acceptors (Lipinski definition) is 3. The molecule has 0 saturated carbocycles. The minimum absolute atomic E-state index is 0.0419. The molecule has 0 aliphatic rings. The third-order valence-electron chi connectivity index (χ3n) is 2.99. The molecule has 2 aromatic rings. The lowest BCUT2D eigenvalue weighted by molar-refractivity contribution is 0.112. The highest BCUT2D eigenvalue weighted by Gasteiger charge is 2.09. The van der Waals surface area contributed by atoms with E-state index in [9.17, 15) is 9.18 Å². The van der Waals surface area contributed by atoms with Gasteiger partial charge in [0.1, 0.15) is 12.1 Å². The quantitative estimate of drug-likeness (QED) is 0.823. The van der Waals surface area contributed by atoms with Gasteiger partial charge in [-0.1, -0.05) is 30.3 Å². The summed E-state index contributed by atoms with van der Waals surface area (Å²) in [6, 6.07) is 13.9. The van der Waals surface area contributed by atoms with Gasteiger partial charge in [-0.05, 0) is 23.8 Å². The van der Waals surface area contributed by atoms with Crippen LogP contribution in [0.1, 0.15) is 15.9 Å². The van der Waals surface area contributed by atoms with Crippen molar-refractivity contribution >= 4 is 12.0 Å². The van der Waals surface area contributed by atoms with Crippen LogP contribution in [0.2, 0.25) is 0 Å². The third-order valence-corrected chi connectivity index (χ3v) is 2.99. The van der Waals surface area contributed by atoms with Gasteiger partial charge in [-0.25, -0.2) is 4.39 Å². The zero-order valence-corrected chi connectivity index (χ0v) is 11.0. The normalized spacial score (nSPS) is 10.3. The van der Waals surface area contributed by atoms with Gasteiger partial charge in [-0.3, -0.25) is 4.79 Å². The molecule has 0 amide bonds. The van der Waals surface area contributed by atoms with Crippen LogP contribution in [-0.2, 0) is 6.54 Å². The first-order valence-electron chi connectivity index (χ1n) is 6.38. The number of aliphatic hydroxyl groups excluding tert-OH is 1. The van der Waals surface area contributed by atoms with E-state index in [1.165, 1.54) is 12.1 Å². The van der Waals surface area contributed by atoms with Crippen LogP contribution in [0, 0.1) is 5.82 Å².